The van der Waals surface area contributed by atoms with Crippen molar-refractivity contribution in [1.82, 2.24) is 0 Å². The molecule has 9 heavy (non-hydrogen) atoms. The number of hydrogen-bond acceptors (Lipinski definition) is 2. The molecule has 2 aromatic heterocycles. The summed E-state index contributed by atoms with van der Waals surface area (Å²) in [5.74, 6) is 0. The summed E-state index contributed by atoms with van der Waals surface area (Å²) in [7, 11) is 0. The third-order valence-electron chi connectivity index (χ3n) is 1.30. The molecule has 2 aromatic rings. The standard InChI is InChI=1S/C7H3NS/c8-4-5-3-6-1-2-7(5)9-6/h1-3H. The Morgan fingerprint density at radius 1 is 1.44 bits per heavy atom. The molecule has 0 aliphatic heterocycles. The molecule has 0 unspecified atom stereocenters. The van der Waals surface area contributed by atoms with Gasteiger partial charge in [-0.05, 0) is 18.2 Å². The summed E-state index contributed by atoms with van der Waals surface area (Å²) in [5.41, 5.74) is 0.817. The number of thiophene rings is 2. The summed E-state index contributed by atoms with van der Waals surface area (Å²) in [6, 6.07) is 8.06. The van der Waals surface area contributed by atoms with Crippen molar-refractivity contribution >= 4 is 20.7 Å². The molecule has 1 nitrogen and oxygen atoms in total. The largest absolute Gasteiger partial charge is 0.192 e. The molecule has 0 saturated heterocycles. The molecule has 0 aliphatic rings. The van der Waals surface area contributed by atoms with E-state index in [4.69, 9.17) is 5.26 Å². The highest BCUT2D eigenvalue weighted by Crippen LogP contribution is 2.27. The topological polar surface area (TPSA) is 23.8 Å². The second-order valence-electron chi connectivity index (χ2n) is 1.87. The molecule has 0 aliphatic carbocycles. The summed E-state index contributed by atoms with van der Waals surface area (Å²) >= 11 is 1.67. The molecule has 0 atom stereocenters. The predicted molar refractivity (Wildman–Crippen MR) is 37.7 cm³/mol. The van der Waals surface area contributed by atoms with Crippen molar-refractivity contribution in [3.05, 3.63) is 23.8 Å². The van der Waals surface area contributed by atoms with Gasteiger partial charge in [0.2, 0.25) is 0 Å². The molecule has 2 heterocycles. The second kappa shape index (κ2) is 1.46. The maximum Gasteiger partial charge on any atom is 0.101 e. The Balaban J connectivity index is 2.90. The first-order chi connectivity index (χ1) is 4.40. The Labute approximate surface area is 56.5 Å². The average Bonchev–Trinajstić information content (AvgIpc) is 2.45. The van der Waals surface area contributed by atoms with E-state index in [1.54, 1.807) is 11.3 Å². The van der Waals surface area contributed by atoms with Crippen LogP contribution in [0.3, 0.4) is 0 Å². The molecule has 0 N–H and O–H groups in total. The van der Waals surface area contributed by atoms with E-state index in [-0.39, 0.29) is 0 Å². The van der Waals surface area contributed by atoms with Crippen molar-refractivity contribution < 1.29 is 0 Å². The fraction of sp³-hybridized carbons (Fsp3) is 0. The van der Waals surface area contributed by atoms with Crippen LogP contribution in [0.2, 0.25) is 0 Å². The number of fused-ring (bicyclic) bond motifs is 2. The van der Waals surface area contributed by atoms with Gasteiger partial charge in [0, 0.05) is 9.40 Å². The molecule has 0 fully saturated rings. The first-order valence-corrected chi connectivity index (χ1v) is 3.44. The van der Waals surface area contributed by atoms with Crippen molar-refractivity contribution in [3.63, 3.8) is 0 Å². The van der Waals surface area contributed by atoms with E-state index in [9.17, 15) is 0 Å². The van der Waals surface area contributed by atoms with Crippen molar-refractivity contribution in [2.75, 3.05) is 0 Å². The third kappa shape index (κ3) is 0.524. The lowest BCUT2D eigenvalue weighted by atomic mass is 10.2. The SMILES string of the molecule is N#Cc1cc2ccc1s2. The zero-order valence-corrected chi connectivity index (χ0v) is 5.40. The van der Waals surface area contributed by atoms with Crippen molar-refractivity contribution in [2.45, 2.75) is 0 Å². The molecule has 0 spiro atoms. The number of hydrogen-bond donors (Lipinski definition) is 0. The number of benzene rings is 1. The summed E-state index contributed by atoms with van der Waals surface area (Å²) in [6.45, 7) is 0. The van der Waals surface area contributed by atoms with E-state index in [0.29, 0.717) is 0 Å². The van der Waals surface area contributed by atoms with Gasteiger partial charge in [0.05, 0.1) is 5.56 Å². The highest BCUT2D eigenvalue weighted by molar-refractivity contribution is 7.24. The molecule has 42 valence electrons. The minimum atomic E-state index is 0.817. The summed E-state index contributed by atoms with van der Waals surface area (Å²) in [5, 5.41) is 8.49. The molecule has 2 rings (SSSR count). The van der Waals surface area contributed by atoms with Gasteiger partial charge in [0.1, 0.15) is 6.07 Å². The molecule has 0 saturated carbocycles. The van der Waals surface area contributed by atoms with Crippen LogP contribution in [0.15, 0.2) is 18.2 Å². The van der Waals surface area contributed by atoms with Crippen molar-refractivity contribution in [1.29, 1.82) is 5.26 Å². The van der Waals surface area contributed by atoms with Gasteiger partial charge in [-0.3, -0.25) is 0 Å². The van der Waals surface area contributed by atoms with Crippen LogP contribution in [0.5, 0.6) is 0 Å². The van der Waals surface area contributed by atoms with Crippen LogP contribution in [0.1, 0.15) is 5.56 Å². The average molecular weight is 133 g/mol. The Hall–Kier alpha value is -1.07. The minimum absolute atomic E-state index is 0.817. The van der Waals surface area contributed by atoms with E-state index < -0.39 is 0 Å². The molecule has 0 amide bonds. The van der Waals surface area contributed by atoms with Gasteiger partial charge < -0.3 is 0 Å². The van der Waals surface area contributed by atoms with Gasteiger partial charge in [0.15, 0.2) is 0 Å². The normalized spacial score (nSPS) is 10.1. The van der Waals surface area contributed by atoms with E-state index in [1.807, 2.05) is 18.2 Å². The number of nitrogens with zero attached hydrogens (tertiary/aromatic N) is 1. The van der Waals surface area contributed by atoms with Gasteiger partial charge in [0.25, 0.3) is 0 Å². The number of rotatable bonds is 0. The highest BCUT2D eigenvalue weighted by atomic mass is 32.1. The first kappa shape index (κ1) is 4.78. The smallest absolute Gasteiger partial charge is 0.101 e. The zero-order valence-electron chi connectivity index (χ0n) is 4.59. The Morgan fingerprint density at radius 2 is 2.33 bits per heavy atom. The van der Waals surface area contributed by atoms with E-state index >= 15 is 0 Å². The van der Waals surface area contributed by atoms with Gasteiger partial charge in [-0.25, -0.2) is 0 Å². The molecule has 0 radical (unpaired) electrons. The Bertz CT molecular complexity index is 355. The highest BCUT2D eigenvalue weighted by Gasteiger charge is 2.01. The monoisotopic (exact) mass is 133 g/mol. The Kier molecular flexibility index (Phi) is 0.773. The van der Waals surface area contributed by atoms with Gasteiger partial charge >= 0.3 is 0 Å². The maximum atomic E-state index is 8.49. The predicted octanol–water partition coefficient (Wildman–Crippen LogP) is 2.21. The fourth-order valence-corrected chi connectivity index (χ4v) is 1.79. The molecule has 2 heteroatoms. The summed E-state index contributed by atoms with van der Waals surface area (Å²) in [4.78, 5) is 0. The van der Waals surface area contributed by atoms with Crippen LogP contribution in [-0.4, -0.2) is 0 Å². The van der Waals surface area contributed by atoms with E-state index in [1.165, 1.54) is 4.70 Å². The first-order valence-electron chi connectivity index (χ1n) is 2.62. The molecule has 2 bridgehead atoms. The van der Waals surface area contributed by atoms with Gasteiger partial charge in [-0.2, -0.15) is 5.26 Å². The summed E-state index contributed by atoms with van der Waals surface area (Å²) in [6.07, 6.45) is 0. The molecule has 0 aromatic carbocycles. The van der Waals surface area contributed by atoms with Crippen LogP contribution in [-0.2, 0) is 0 Å². The third-order valence-corrected chi connectivity index (χ3v) is 2.36. The van der Waals surface area contributed by atoms with Crippen molar-refractivity contribution in [3.8, 4) is 6.07 Å². The molecular weight excluding hydrogens is 130 g/mol. The van der Waals surface area contributed by atoms with Crippen LogP contribution < -0.4 is 0 Å². The lowest BCUT2D eigenvalue weighted by molar-refractivity contribution is 1.51. The van der Waals surface area contributed by atoms with Crippen LogP contribution in [0, 0.1) is 11.3 Å². The zero-order chi connectivity index (χ0) is 6.27. The maximum absolute atomic E-state index is 8.49. The quantitative estimate of drug-likeness (QED) is 0.540. The summed E-state index contributed by atoms with van der Waals surface area (Å²) < 4.78 is 2.30. The van der Waals surface area contributed by atoms with Gasteiger partial charge in [-0.15, -0.1) is 11.3 Å². The van der Waals surface area contributed by atoms with Crippen LogP contribution in [0.25, 0.3) is 9.40 Å². The second-order valence-corrected chi connectivity index (χ2v) is 2.99. The minimum Gasteiger partial charge on any atom is -0.192 e. The number of nitriles is 1. The van der Waals surface area contributed by atoms with Gasteiger partial charge in [-0.1, -0.05) is 0 Å². The lowest BCUT2D eigenvalue weighted by Crippen LogP contribution is -1.63. The van der Waals surface area contributed by atoms with Crippen molar-refractivity contribution in [2.24, 2.45) is 0 Å². The van der Waals surface area contributed by atoms with E-state index in [2.05, 4.69) is 6.07 Å². The Morgan fingerprint density at radius 3 is 2.67 bits per heavy atom. The van der Waals surface area contributed by atoms with Crippen LogP contribution >= 0.6 is 11.3 Å². The van der Waals surface area contributed by atoms with E-state index in [0.717, 1.165) is 10.3 Å². The lowest BCUT2D eigenvalue weighted by Gasteiger charge is -1.76. The van der Waals surface area contributed by atoms with Crippen LogP contribution in [0.4, 0.5) is 0 Å². The molecular formula is C7H3NS. The fourth-order valence-electron chi connectivity index (χ4n) is 0.876.